The summed E-state index contributed by atoms with van der Waals surface area (Å²) in [5, 5.41) is 33.7. The van der Waals surface area contributed by atoms with E-state index in [-0.39, 0.29) is 35.1 Å². The van der Waals surface area contributed by atoms with E-state index in [0.717, 1.165) is 57.8 Å². The van der Waals surface area contributed by atoms with E-state index in [1.807, 2.05) is 6.92 Å². The molecule has 3 N–H and O–H groups in total. The largest absolute Gasteiger partial charge is 0.393 e. The van der Waals surface area contributed by atoms with E-state index in [2.05, 4.69) is 13.8 Å². The van der Waals surface area contributed by atoms with Gasteiger partial charge in [0.05, 0.1) is 24.9 Å². The van der Waals surface area contributed by atoms with Crippen LogP contribution < -0.4 is 0 Å². The van der Waals surface area contributed by atoms with Crippen LogP contribution in [0.4, 0.5) is 0 Å². The van der Waals surface area contributed by atoms with E-state index >= 15 is 0 Å². The summed E-state index contributed by atoms with van der Waals surface area (Å²) in [5.74, 6) is 0.972. The fraction of sp³-hybridized carbons (Fsp3) is 1.00. The standard InChI is InChI=1S/C25H40O5/c1-22-9-7-15(26)11-14(22)5-6-16-17-12-19-21(23(17,2)13-18(27)20(16)22)24(3,28)25(30-19)8-4-10-29-25/h14-21,26-28H,4-13H2,1-3H3/t14-,15+,16-,17-,18-,19-,20+,21-,22-,23-,24+,25-/m0/s1. The normalized spacial score (nSPS) is 64.6. The molecule has 6 aliphatic rings. The molecule has 0 amide bonds. The molecule has 0 bridgehead atoms. The van der Waals surface area contributed by atoms with Gasteiger partial charge in [-0.05, 0) is 92.8 Å². The highest BCUT2D eigenvalue weighted by Crippen LogP contribution is 2.72. The fourth-order valence-corrected chi connectivity index (χ4v) is 10.2. The van der Waals surface area contributed by atoms with Gasteiger partial charge in [-0.3, -0.25) is 0 Å². The monoisotopic (exact) mass is 420 g/mol. The zero-order valence-electron chi connectivity index (χ0n) is 18.8. The molecular weight excluding hydrogens is 380 g/mol. The zero-order chi connectivity index (χ0) is 21.1. The Balaban J connectivity index is 1.35. The van der Waals surface area contributed by atoms with Gasteiger partial charge in [0.15, 0.2) is 5.79 Å². The van der Waals surface area contributed by atoms with Gasteiger partial charge in [0.1, 0.15) is 5.60 Å². The van der Waals surface area contributed by atoms with Crippen molar-refractivity contribution in [2.75, 3.05) is 6.61 Å². The molecule has 0 radical (unpaired) electrons. The zero-order valence-corrected chi connectivity index (χ0v) is 18.8. The van der Waals surface area contributed by atoms with Crippen molar-refractivity contribution in [1.29, 1.82) is 0 Å². The number of aliphatic hydroxyl groups excluding tert-OH is 2. The van der Waals surface area contributed by atoms with Gasteiger partial charge in [-0.15, -0.1) is 0 Å². The molecule has 1 spiro atoms. The van der Waals surface area contributed by atoms with Crippen molar-refractivity contribution < 1.29 is 24.8 Å². The molecule has 4 saturated carbocycles. The molecule has 2 saturated heterocycles. The molecule has 2 heterocycles. The number of aliphatic hydroxyl groups is 3. The molecule has 6 rings (SSSR count). The van der Waals surface area contributed by atoms with Gasteiger partial charge >= 0.3 is 0 Å². The van der Waals surface area contributed by atoms with Gasteiger partial charge in [0, 0.05) is 12.3 Å². The number of ether oxygens (including phenoxy) is 2. The summed E-state index contributed by atoms with van der Waals surface area (Å²) in [7, 11) is 0. The molecule has 5 heteroatoms. The third kappa shape index (κ3) is 2.32. The number of hydrogen-bond donors (Lipinski definition) is 3. The Morgan fingerprint density at radius 3 is 2.47 bits per heavy atom. The first-order valence-electron chi connectivity index (χ1n) is 12.5. The van der Waals surface area contributed by atoms with Gasteiger partial charge in [0.25, 0.3) is 0 Å². The van der Waals surface area contributed by atoms with Crippen molar-refractivity contribution >= 4 is 0 Å². The summed E-state index contributed by atoms with van der Waals surface area (Å²) in [6, 6.07) is 0. The lowest BCUT2D eigenvalue weighted by molar-refractivity contribution is -0.276. The molecule has 170 valence electrons. The first-order chi connectivity index (χ1) is 14.1. The Labute approximate surface area is 180 Å². The maximum absolute atomic E-state index is 11.8. The fourth-order valence-electron chi connectivity index (χ4n) is 10.2. The predicted molar refractivity (Wildman–Crippen MR) is 111 cm³/mol. The molecule has 4 aliphatic carbocycles. The Hall–Kier alpha value is -0.200. The number of rotatable bonds is 0. The molecule has 0 aromatic heterocycles. The van der Waals surface area contributed by atoms with Crippen molar-refractivity contribution in [3.8, 4) is 0 Å². The van der Waals surface area contributed by atoms with E-state index in [4.69, 9.17) is 9.47 Å². The summed E-state index contributed by atoms with van der Waals surface area (Å²) < 4.78 is 12.6. The summed E-state index contributed by atoms with van der Waals surface area (Å²) in [5.41, 5.74) is -1.01. The van der Waals surface area contributed by atoms with Crippen molar-refractivity contribution in [1.82, 2.24) is 0 Å². The third-order valence-corrected chi connectivity index (χ3v) is 11.3. The highest BCUT2D eigenvalue weighted by Gasteiger charge is 2.75. The van der Waals surface area contributed by atoms with E-state index in [9.17, 15) is 15.3 Å². The molecular formula is C25H40O5. The minimum absolute atomic E-state index is 0.0161. The first-order valence-corrected chi connectivity index (χ1v) is 12.5. The lowest BCUT2D eigenvalue weighted by Gasteiger charge is -2.63. The Morgan fingerprint density at radius 2 is 1.73 bits per heavy atom. The van der Waals surface area contributed by atoms with Crippen LogP contribution in [-0.2, 0) is 9.47 Å². The second-order valence-electron chi connectivity index (χ2n) is 12.5. The molecule has 2 aliphatic heterocycles. The Bertz CT molecular complexity index is 716. The predicted octanol–water partition coefficient (Wildman–Crippen LogP) is 3.24. The molecule has 0 aromatic rings. The molecule has 0 unspecified atom stereocenters. The molecule has 30 heavy (non-hydrogen) atoms. The van der Waals surface area contributed by atoms with Crippen LogP contribution in [0.1, 0.15) is 78.6 Å². The number of fused-ring (bicyclic) bond motifs is 7. The van der Waals surface area contributed by atoms with E-state index in [1.165, 1.54) is 0 Å². The van der Waals surface area contributed by atoms with Crippen LogP contribution in [0.2, 0.25) is 0 Å². The summed E-state index contributed by atoms with van der Waals surface area (Å²) >= 11 is 0. The van der Waals surface area contributed by atoms with Crippen LogP contribution in [0.15, 0.2) is 0 Å². The summed E-state index contributed by atoms with van der Waals surface area (Å²) in [6.45, 7) is 7.33. The van der Waals surface area contributed by atoms with E-state index in [1.54, 1.807) is 0 Å². The average Bonchev–Trinajstić information content (AvgIpc) is 3.31. The van der Waals surface area contributed by atoms with E-state index in [0.29, 0.717) is 30.3 Å². The SMILES string of the molecule is C[C@]12CC[C@@H](O)C[C@@H]1CC[C@@H]1[C@@H]2[C@@H](O)C[C@@]2(C)[C@H]1C[C@@H]1O[C@@]3(CCCO3)[C@](C)(O)[C@@H]12. The molecule has 5 nitrogen and oxygen atoms in total. The van der Waals surface area contributed by atoms with Crippen molar-refractivity contribution in [2.45, 2.75) is 108 Å². The van der Waals surface area contributed by atoms with Crippen LogP contribution in [0.5, 0.6) is 0 Å². The van der Waals surface area contributed by atoms with Gasteiger partial charge in [-0.25, -0.2) is 0 Å². The topological polar surface area (TPSA) is 79.2 Å². The van der Waals surface area contributed by atoms with Crippen molar-refractivity contribution in [3.05, 3.63) is 0 Å². The minimum Gasteiger partial charge on any atom is -0.393 e. The van der Waals surface area contributed by atoms with Crippen LogP contribution in [-0.4, -0.2) is 51.6 Å². The molecule has 0 aromatic carbocycles. The maximum Gasteiger partial charge on any atom is 0.197 e. The van der Waals surface area contributed by atoms with E-state index < -0.39 is 11.4 Å². The molecule has 6 fully saturated rings. The first kappa shape index (κ1) is 20.4. The van der Waals surface area contributed by atoms with Crippen LogP contribution in [0.3, 0.4) is 0 Å². The second-order valence-corrected chi connectivity index (χ2v) is 12.5. The quantitative estimate of drug-likeness (QED) is 0.561. The maximum atomic E-state index is 11.8. The van der Waals surface area contributed by atoms with Crippen molar-refractivity contribution in [3.63, 3.8) is 0 Å². The summed E-state index contributed by atoms with van der Waals surface area (Å²) in [4.78, 5) is 0. The van der Waals surface area contributed by atoms with Crippen LogP contribution >= 0.6 is 0 Å². The molecule has 12 atom stereocenters. The van der Waals surface area contributed by atoms with Gasteiger partial charge in [0.2, 0.25) is 0 Å². The lowest BCUT2D eigenvalue weighted by atomic mass is 9.43. The Morgan fingerprint density at radius 1 is 0.933 bits per heavy atom. The second kappa shape index (κ2) is 6.22. The highest BCUT2D eigenvalue weighted by molar-refractivity contribution is 5.21. The van der Waals surface area contributed by atoms with Crippen LogP contribution in [0.25, 0.3) is 0 Å². The van der Waals surface area contributed by atoms with Gasteiger partial charge < -0.3 is 24.8 Å². The number of hydrogen-bond acceptors (Lipinski definition) is 5. The smallest absolute Gasteiger partial charge is 0.197 e. The van der Waals surface area contributed by atoms with Gasteiger partial charge in [-0.2, -0.15) is 0 Å². The summed E-state index contributed by atoms with van der Waals surface area (Å²) in [6.07, 6.45) is 8.06. The Kier molecular flexibility index (Phi) is 4.23. The van der Waals surface area contributed by atoms with Gasteiger partial charge in [-0.1, -0.05) is 13.8 Å². The minimum atomic E-state index is -1.01. The van der Waals surface area contributed by atoms with Crippen molar-refractivity contribution in [2.24, 2.45) is 40.4 Å². The lowest BCUT2D eigenvalue weighted by Crippen LogP contribution is -2.62. The third-order valence-electron chi connectivity index (χ3n) is 11.3. The highest BCUT2D eigenvalue weighted by atomic mass is 16.7. The van der Waals surface area contributed by atoms with Crippen LogP contribution in [0, 0.1) is 40.4 Å². The average molecular weight is 421 g/mol.